The van der Waals surface area contributed by atoms with Gasteiger partial charge in [-0.2, -0.15) is 0 Å². The topological polar surface area (TPSA) is 26.0 Å². The third-order valence-corrected chi connectivity index (χ3v) is 2.82. The van der Waals surface area contributed by atoms with Crippen molar-refractivity contribution >= 4 is 5.69 Å². The van der Waals surface area contributed by atoms with Gasteiger partial charge < -0.3 is 5.73 Å². The first kappa shape index (κ1) is 10.7. The highest BCUT2D eigenvalue weighted by Crippen LogP contribution is 2.30. The Hall–Kier alpha value is -1.83. The Morgan fingerprint density at radius 2 is 1.69 bits per heavy atom. The van der Waals surface area contributed by atoms with E-state index in [4.69, 9.17) is 5.73 Å². The molecule has 0 aliphatic heterocycles. The van der Waals surface area contributed by atoms with Crippen LogP contribution in [-0.2, 0) is 0 Å². The lowest BCUT2D eigenvalue weighted by atomic mass is 9.91. The van der Waals surface area contributed by atoms with Crippen LogP contribution in [0.3, 0.4) is 0 Å². The van der Waals surface area contributed by atoms with E-state index in [0.29, 0.717) is 11.3 Å². The summed E-state index contributed by atoms with van der Waals surface area (Å²) in [6, 6.07) is 14.6. The third kappa shape index (κ3) is 1.91. The second kappa shape index (κ2) is 4.35. The van der Waals surface area contributed by atoms with Crippen molar-refractivity contribution < 1.29 is 4.39 Å². The van der Waals surface area contributed by atoms with Gasteiger partial charge in [-0.1, -0.05) is 43.3 Å². The van der Waals surface area contributed by atoms with Crippen LogP contribution in [0.4, 0.5) is 10.1 Å². The number of halogens is 1. The van der Waals surface area contributed by atoms with E-state index in [9.17, 15) is 4.39 Å². The van der Waals surface area contributed by atoms with Crippen molar-refractivity contribution in [3.63, 3.8) is 0 Å². The minimum atomic E-state index is -0.239. The Morgan fingerprint density at radius 3 is 2.31 bits per heavy atom. The molecule has 0 aliphatic rings. The summed E-state index contributed by atoms with van der Waals surface area (Å²) >= 11 is 0. The Morgan fingerprint density at radius 1 is 1.00 bits per heavy atom. The lowest BCUT2D eigenvalue weighted by Gasteiger charge is -2.15. The van der Waals surface area contributed by atoms with Gasteiger partial charge in [0.15, 0.2) is 0 Å². The lowest BCUT2D eigenvalue weighted by molar-refractivity contribution is 0.604. The van der Waals surface area contributed by atoms with Gasteiger partial charge in [-0.3, -0.25) is 0 Å². The van der Waals surface area contributed by atoms with E-state index in [1.807, 2.05) is 37.3 Å². The smallest absolute Gasteiger partial charge is 0.129 e. The van der Waals surface area contributed by atoms with Gasteiger partial charge in [-0.25, -0.2) is 4.39 Å². The van der Waals surface area contributed by atoms with Gasteiger partial charge in [-0.15, -0.1) is 0 Å². The zero-order valence-corrected chi connectivity index (χ0v) is 9.15. The zero-order valence-electron chi connectivity index (χ0n) is 9.15. The summed E-state index contributed by atoms with van der Waals surface area (Å²) in [4.78, 5) is 0. The molecule has 2 heteroatoms. The van der Waals surface area contributed by atoms with Gasteiger partial charge in [0.25, 0.3) is 0 Å². The molecule has 0 unspecified atom stereocenters. The molecule has 82 valence electrons. The van der Waals surface area contributed by atoms with Crippen LogP contribution in [0, 0.1) is 5.82 Å². The van der Waals surface area contributed by atoms with Gasteiger partial charge >= 0.3 is 0 Å². The molecule has 2 rings (SSSR count). The molecule has 0 saturated carbocycles. The number of nitrogen functional groups attached to an aromatic ring is 1. The minimum absolute atomic E-state index is 0.0256. The van der Waals surface area contributed by atoms with Gasteiger partial charge in [0.05, 0.1) is 0 Å². The molecule has 0 saturated heterocycles. The van der Waals surface area contributed by atoms with Crippen LogP contribution < -0.4 is 5.73 Å². The summed E-state index contributed by atoms with van der Waals surface area (Å²) in [5.41, 5.74) is 7.98. The van der Waals surface area contributed by atoms with E-state index < -0.39 is 0 Å². The number of rotatable bonds is 2. The minimum Gasteiger partial charge on any atom is -0.398 e. The molecule has 0 heterocycles. The van der Waals surface area contributed by atoms with Crippen LogP contribution in [0.25, 0.3) is 0 Å². The van der Waals surface area contributed by atoms with Gasteiger partial charge in [-0.05, 0) is 17.7 Å². The summed E-state index contributed by atoms with van der Waals surface area (Å²) in [6.45, 7) is 1.96. The first-order chi connectivity index (χ1) is 7.70. The second-order valence-electron chi connectivity index (χ2n) is 3.88. The van der Waals surface area contributed by atoms with Crippen molar-refractivity contribution in [2.75, 3.05) is 5.73 Å². The van der Waals surface area contributed by atoms with Gasteiger partial charge in [0, 0.05) is 17.2 Å². The molecule has 1 atom stereocenters. The normalized spacial score (nSPS) is 12.4. The molecular formula is C14H14FN. The van der Waals surface area contributed by atoms with Crippen molar-refractivity contribution in [3.8, 4) is 0 Å². The van der Waals surface area contributed by atoms with Crippen molar-refractivity contribution in [1.29, 1.82) is 0 Å². The first-order valence-corrected chi connectivity index (χ1v) is 5.29. The fourth-order valence-corrected chi connectivity index (χ4v) is 1.92. The molecule has 0 amide bonds. The maximum atomic E-state index is 13.7. The van der Waals surface area contributed by atoms with E-state index in [-0.39, 0.29) is 11.7 Å². The van der Waals surface area contributed by atoms with Gasteiger partial charge in [0.2, 0.25) is 0 Å². The molecule has 2 aromatic carbocycles. The largest absolute Gasteiger partial charge is 0.398 e. The first-order valence-electron chi connectivity index (χ1n) is 5.29. The average Bonchev–Trinajstić information content (AvgIpc) is 2.30. The predicted octanol–water partition coefficient (Wildman–Crippen LogP) is 3.56. The standard InChI is InChI=1S/C14H14FN/c1-10(11-6-3-2-4-7-11)14-12(15)8-5-9-13(14)16/h2-10H,16H2,1H3/t10-/m1/s1. The van der Waals surface area contributed by atoms with E-state index in [2.05, 4.69) is 0 Å². The fourth-order valence-electron chi connectivity index (χ4n) is 1.92. The number of nitrogens with two attached hydrogens (primary N) is 1. The number of anilines is 1. The Balaban J connectivity index is 2.46. The molecular weight excluding hydrogens is 201 g/mol. The summed E-state index contributed by atoms with van der Waals surface area (Å²) in [7, 11) is 0. The van der Waals surface area contributed by atoms with Crippen molar-refractivity contribution in [2.45, 2.75) is 12.8 Å². The Kier molecular flexibility index (Phi) is 2.91. The summed E-state index contributed by atoms with van der Waals surface area (Å²) in [5, 5.41) is 0. The Bertz CT molecular complexity index is 459. The van der Waals surface area contributed by atoms with Crippen LogP contribution in [-0.4, -0.2) is 0 Å². The molecule has 2 aromatic rings. The number of hydrogen-bond donors (Lipinski definition) is 1. The monoisotopic (exact) mass is 215 g/mol. The van der Waals surface area contributed by atoms with Crippen molar-refractivity contribution in [1.82, 2.24) is 0 Å². The summed E-state index contributed by atoms with van der Waals surface area (Å²) < 4.78 is 13.7. The lowest BCUT2D eigenvalue weighted by Crippen LogP contribution is -2.03. The van der Waals surface area contributed by atoms with E-state index >= 15 is 0 Å². The molecule has 1 nitrogen and oxygen atoms in total. The quantitative estimate of drug-likeness (QED) is 0.761. The van der Waals surface area contributed by atoms with Crippen molar-refractivity contribution in [2.24, 2.45) is 0 Å². The molecule has 16 heavy (non-hydrogen) atoms. The van der Waals surface area contributed by atoms with Crippen LogP contribution in [0.15, 0.2) is 48.5 Å². The number of benzene rings is 2. The molecule has 0 aliphatic carbocycles. The maximum Gasteiger partial charge on any atom is 0.129 e. The molecule has 0 radical (unpaired) electrons. The molecule has 2 N–H and O–H groups in total. The molecule has 0 fully saturated rings. The predicted molar refractivity (Wildman–Crippen MR) is 64.8 cm³/mol. The van der Waals surface area contributed by atoms with E-state index in [1.165, 1.54) is 6.07 Å². The highest BCUT2D eigenvalue weighted by atomic mass is 19.1. The van der Waals surface area contributed by atoms with Crippen LogP contribution in [0.1, 0.15) is 24.0 Å². The summed E-state index contributed by atoms with van der Waals surface area (Å²) in [6.07, 6.45) is 0. The highest BCUT2D eigenvalue weighted by molar-refractivity contribution is 5.51. The molecule has 0 aromatic heterocycles. The highest BCUT2D eigenvalue weighted by Gasteiger charge is 2.15. The fraction of sp³-hybridized carbons (Fsp3) is 0.143. The third-order valence-electron chi connectivity index (χ3n) is 2.82. The average molecular weight is 215 g/mol. The summed E-state index contributed by atoms with van der Waals surface area (Å²) in [5.74, 6) is -0.265. The van der Waals surface area contributed by atoms with Crippen LogP contribution >= 0.6 is 0 Å². The zero-order chi connectivity index (χ0) is 11.5. The number of hydrogen-bond acceptors (Lipinski definition) is 1. The van der Waals surface area contributed by atoms with Crippen molar-refractivity contribution in [3.05, 3.63) is 65.5 Å². The van der Waals surface area contributed by atoms with Crippen LogP contribution in [0.5, 0.6) is 0 Å². The Labute approximate surface area is 94.7 Å². The van der Waals surface area contributed by atoms with E-state index in [0.717, 1.165) is 5.56 Å². The van der Waals surface area contributed by atoms with E-state index in [1.54, 1.807) is 12.1 Å². The molecule has 0 bridgehead atoms. The molecule has 0 spiro atoms. The van der Waals surface area contributed by atoms with Crippen LogP contribution in [0.2, 0.25) is 0 Å². The second-order valence-corrected chi connectivity index (χ2v) is 3.88. The van der Waals surface area contributed by atoms with Gasteiger partial charge in [0.1, 0.15) is 5.82 Å². The SMILES string of the molecule is C[C@H](c1ccccc1)c1c(N)cccc1F. The maximum absolute atomic E-state index is 13.7.